The monoisotopic (exact) mass is 324 g/mol. The zero-order valence-electron chi connectivity index (χ0n) is 13.6. The number of nitrogens with one attached hydrogen (secondary N) is 1. The van der Waals surface area contributed by atoms with Crippen LogP contribution in [-0.4, -0.2) is 25.0 Å². The summed E-state index contributed by atoms with van der Waals surface area (Å²) in [5.74, 6) is 0.0818. The first kappa shape index (κ1) is 16.1. The van der Waals surface area contributed by atoms with E-state index in [2.05, 4.69) is 5.32 Å². The van der Waals surface area contributed by atoms with Crippen molar-refractivity contribution in [2.24, 2.45) is 5.92 Å². The third kappa shape index (κ3) is 3.40. The van der Waals surface area contributed by atoms with Crippen LogP contribution >= 0.6 is 0 Å². The highest BCUT2D eigenvalue weighted by molar-refractivity contribution is 6.03. The number of carbonyl (C=O) groups excluding carboxylic acids is 2. The van der Waals surface area contributed by atoms with E-state index in [1.807, 2.05) is 55.5 Å². The van der Waals surface area contributed by atoms with Crippen molar-refractivity contribution in [2.75, 3.05) is 23.4 Å². The molecule has 1 N–H and O–H groups in total. The molecule has 1 fully saturated rings. The molecular formula is C19H20N2O3. The van der Waals surface area contributed by atoms with Crippen molar-refractivity contribution >= 4 is 23.2 Å². The summed E-state index contributed by atoms with van der Waals surface area (Å²) in [6.45, 7) is 2.81. The molecule has 0 saturated carbocycles. The van der Waals surface area contributed by atoms with Crippen molar-refractivity contribution in [1.29, 1.82) is 0 Å². The molecule has 0 aromatic heterocycles. The van der Waals surface area contributed by atoms with Crippen molar-refractivity contribution < 1.29 is 14.3 Å². The predicted molar refractivity (Wildman–Crippen MR) is 93.1 cm³/mol. The van der Waals surface area contributed by atoms with Crippen molar-refractivity contribution in [1.82, 2.24) is 0 Å². The Morgan fingerprint density at radius 1 is 1.17 bits per heavy atom. The minimum atomic E-state index is -0.368. The van der Waals surface area contributed by atoms with Gasteiger partial charge in [0.1, 0.15) is 5.75 Å². The highest BCUT2D eigenvalue weighted by Crippen LogP contribution is 2.28. The molecule has 0 bridgehead atoms. The van der Waals surface area contributed by atoms with Crippen molar-refractivity contribution in [3.8, 4) is 5.75 Å². The number of ether oxygens (including phenoxy) is 1. The van der Waals surface area contributed by atoms with Crippen molar-refractivity contribution in [3.05, 3.63) is 54.6 Å². The van der Waals surface area contributed by atoms with Crippen LogP contribution in [-0.2, 0) is 9.59 Å². The standard InChI is InChI=1S/C19H20N2O3/c1-2-24-17-11-7-6-10-16(17)20-19(23)14-12-18(22)21(13-14)15-8-4-3-5-9-15/h3-11,14H,2,12-13H2,1H3,(H,20,23). The van der Waals surface area contributed by atoms with Crippen molar-refractivity contribution in [3.63, 3.8) is 0 Å². The fraction of sp³-hybridized carbons (Fsp3) is 0.263. The summed E-state index contributed by atoms with van der Waals surface area (Å²) in [5, 5.41) is 2.89. The molecule has 1 heterocycles. The van der Waals surface area contributed by atoms with Crippen molar-refractivity contribution in [2.45, 2.75) is 13.3 Å². The van der Waals surface area contributed by atoms with Crippen LogP contribution in [0.3, 0.4) is 0 Å². The Hall–Kier alpha value is -2.82. The van der Waals surface area contributed by atoms with E-state index < -0.39 is 0 Å². The SMILES string of the molecule is CCOc1ccccc1NC(=O)C1CC(=O)N(c2ccccc2)C1. The third-order valence-electron chi connectivity index (χ3n) is 4.01. The van der Waals surface area contributed by atoms with Gasteiger partial charge in [-0.2, -0.15) is 0 Å². The molecule has 5 nitrogen and oxygen atoms in total. The molecule has 5 heteroatoms. The van der Waals surface area contributed by atoms with Gasteiger partial charge in [0.05, 0.1) is 18.2 Å². The van der Waals surface area contributed by atoms with E-state index in [0.717, 1.165) is 5.69 Å². The van der Waals surface area contributed by atoms with Gasteiger partial charge >= 0.3 is 0 Å². The minimum absolute atomic E-state index is 0.0283. The van der Waals surface area contributed by atoms with Crippen LogP contribution in [0.4, 0.5) is 11.4 Å². The first-order valence-corrected chi connectivity index (χ1v) is 8.07. The number of rotatable bonds is 5. The first-order chi connectivity index (χ1) is 11.7. The molecule has 0 radical (unpaired) electrons. The van der Waals surface area contributed by atoms with Gasteiger partial charge in [-0.05, 0) is 31.2 Å². The van der Waals surface area contributed by atoms with E-state index >= 15 is 0 Å². The van der Waals surface area contributed by atoms with Crippen LogP contribution in [0.15, 0.2) is 54.6 Å². The number of carbonyl (C=O) groups is 2. The molecule has 1 aliphatic heterocycles. The normalized spacial score (nSPS) is 17.0. The smallest absolute Gasteiger partial charge is 0.229 e. The predicted octanol–water partition coefficient (Wildman–Crippen LogP) is 3.08. The lowest BCUT2D eigenvalue weighted by Crippen LogP contribution is -2.28. The van der Waals surface area contributed by atoms with Crippen LogP contribution in [0.2, 0.25) is 0 Å². The van der Waals surface area contributed by atoms with Crippen LogP contribution in [0.1, 0.15) is 13.3 Å². The maximum atomic E-state index is 12.5. The Kier molecular flexibility index (Phi) is 4.79. The minimum Gasteiger partial charge on any atom is -0.492 e. The molecule has 1 unspecified atom stereocenters. The highest BCUT2D eigenvalue weighted by atomic mass is 16.5. The average molecular weight is 324 g/mol. The second-order valence-corrected chi connectivity index (χ2v) is 5.66. The van der Waals surface area contributed by atoms with Gasteiger partial charge in [0.25, 0.3) is 0 Å². The molecule has 1 aliphatic rings. The van der Waals surface area contributed by atoms with Gasteiger partial charge in [0.2, 0.25) is 11.8 Å². The highest BCUT2D eigenvalue weighted by Gasteiger charge is 2.35. The second-order valence-electron chi connectivity index (χ2n) is 5.66. The number of anilines is 2. The Labute approximate surface area is 141 Å². The van der Waals surface area contributed by atoms with Gasteiger partial charge < -0.3 is 15.0 Å². The van der Waals surface area contributed by atoms with Crippen LogP contribution in [0.25, 0.3) is 0 Å². The summed E-state index contributed by atoms with van der Waals surface area (Å²) >= 11 is 0. The zero-order valence-corrected chi connectivity index (χ0v) is 13.6. The first-order valence-electron chi connectivity index (χ1n) is 8.07. The van der Waals surface area contributed by atoms with Gasteiger partial charge in [-0.25, -0.2) is 0 Å². The zero-order chi connectivity index (χ0) is 16.9. The second kappa shape index (κ2) is 7.17. The molecule has 2 aromatic carbocycles. The average Bonchev–Trinajstić information content (AvgIpc) is 3.00. The molecule has 2 amide bonds. The number of hydrogen-bond acceptors (Lipinski definition) is 3. The molecule has 2 aromatic rings. The number of benzene rings is 2. The van der Waals surface area contributed by atoms with Crippen LogP contribution in [0, 0.1) is 5.92 Å². The van der Waals surface area contributed by atoms with Gasteiger partial charge in [0.15, 0.2) is 0 Å². The molecule has 24 heavy (non-hydrogen) atoms. The summed E-state index contributed by atoms with van der Waals surface area (Å²) in [6, 6.07) is 16.7. The van der Waals surface area contributed by atoms with Gasteiger partial charge in [-0.3, -0.25) is 9.59 Å². The van der Waals surface area contributed by atoms with E-state index in [0.29, 0.717) is 24.6 Å². The fourth-order valence-electron chi connectivity index (χ4n) is 2.83. The number of para-hydroxylation sites is 3. The Bertz CT molecular complexity index is 730. The van der Waals surface area contributed by atoms with E-state index in [4.69, 9.17) is 4.74 Å². The van der Waals surface area contributed by atoms with E-state index in [1.165, 1.54) is 0 Å². The Morgan fingerprint density at radius 2 is 1.88 bits per heavy atom. The molecule has 1 atom stereocenters. The maximum Gasteiger partial charge on any atom is 0.229 e. The van der Waals surface area contributed by atoms with Gasteiger partial charge in [-0.15, -0.1) is 0 Å². The summed E-state index contributed by atoms with van der Waals surface area (Å²) < 4.78 is 5.52. The topological polar surface area (TPSA) is 58.6 Å². The molecule has 0 spiro atoms. The maximum absolute atomic E-state index is 12.5. The molecular weight excluding hydrogens is 304 g/mol. The Balaban J connectivity index is 1.70. The molecule has 1 saturated heterocycles. The van der Waals surface area contributed by atoms with E-state index in [9.17, 15) is 9.59 Å². The van der Waals surface area contributed by atoms with Crippen LogP contribution in [0.5, 0.6) is 5.75 Å². The lowest BCUT2D eigenvalue weighted by Gasteiger charge is -2.17. The number of nitrogens with zero attached hydrogens (tertiary/aromatic N) is 1. The quantitative estimate of drug-likeness (QED) is 0.919. The number of amides is 2. The summed E-state index contributed by atoms with van der Waals surface area (Å²) in [4.78, 5) is 26.4. The lowest BCUT2D eigenvalue weighted by molar-refractivity contribution is -0.122. The Morgan fingerprint density at radius 3 is 2.62 bits per heavy atom. The summed E-state index contributed by atoms with van der Waals surface area (Å²) in [6.07, 6.45) is 0.220. The van der Waals surface area contributed by atoms with E-state index in [1.54, 1.807) is 11.0 Å². The lowest BCUT2D eigenvalue weighted by atomic mass is 10.1. The summed E-state index contributed by atoms with van der Waals surface area (Å²) in [5.41, 5.74) is 1.46. The van der Waals surface area contributed by atoms with Crippen LogP contribution < -0.4 is 15.0 Å². The molecule has 0 aliphatic carbocycles. The van der Waals surface area contributed by atoms with Gasteiger partial charge in [-0.1, -0.05) is 30.3 Å². The largest absolute Gasteiger partial charge is 0.492 e. The van der Waals surface area contributed by atoms with E-state index in [-0.39, 0.29) is 24.2 Å². The molecule has 124 valence electrons. The molecule has 3 rings (SSSR count). The third-order valence-corrected chi connectivity index (χ3v) is 4.01. The number of hydrogen-bond donors (Lipinski definition) is 1. The van der Waals surface area contributed by atoms with Gasteiger partial charge in [0, 0.05) is 18.7 Å². The fourth-order valence-corrected chi connectivity index (χ4v) is 2.83. The summed E-state index contributed by atoms with van der Waals surface area (Å²) in [7, 11) is 0.